The Morgan fingerprint density at radius 3 is 2.27 bits per heavy atom. The van der Waals surface area contributed by atoms with Crippen molar-refractivity contribution in [1.29, 1.82) is 0 Å². The van der Waals surface area contributed by atoms with Gasteiger partial charge in [-0.2, -0.15) is 0 Å². The molecule has 0 aliphatic heterocycles. The minimum atomic E-state index is -0.282. The normalized spacial score (nSPS) is 11.0. The number of aromatic nitrogens is 1. The number of amides is 2. The van der Waals surface area contributed by atoms with Gasteiger partial charge in [0.05, 0.1) is 22.9 Å². The van der Waals surface area contributed by atoms with E-state index in [4.69, 9.17) is 28.9 Å². The van der Waals surface area contributed by atoms with Gasteiger partial charge in [0, 0.05) is 22.6 Å². The van der Waals surface area contributed by atoms with Crippen molar-refractivity contribution in [3.8, 4) is 0 Å². The van der Waals surface area contributed by atoms with E-state index in [0.29, 0.717) is 40.2 Å². The number of benzene rings is 2. The Kier molecular flexibility index (Phi) is 8.22. The number of hydrogen-bond acceptors (Lipinski definition) is 3. The van der Waals surface area contributed by atoms with Crippen LogP contribution in [-0.2, 0) is 19.4 Å². The van der Waals surface area contributed by atoms with Crippen molar-refractivity contribution in [1.82, 2.24) is 4.98 Å². The third-order valence-electron chi connectivity index (χ3n) is 5.69. The molecule has 0 bridgehead atoms. The Hall–Kier alpha value is -2.76. The number of carbonyl (C=O) groups excluding carboxylic acids is 1. The van der Waals surface area contributed by atoms with E-state index in [0.717, 1.165) is 22.5 Å². The molecule has 0 saturated carbocycles. The molecule has 0 fully saturated rings. The lowest BCUT2D eigenvalue weighted by atomic mass is 10.0. The smallest absolute Gasteiger partial charge is 0.326 e. The van der Waals surface area contributed by atoms with Crippen molar-refractivity contribution < 1.29 is 4.79 Å². The first-order valence-corrected chi connectivity index (χ1v) is 11.9. The molecule has 33 heavy (non-hydrogen) atoms. The average molecular weight is 485 g/mol. The van der Waals surface area contributed by atoms with Crippen LogP contribution in [0.15, 0.2) is 48.7 Å². The quantitative estimate of drug-likeness (QED) is 0.341. The molecule has 3 N–H and O–H groups in total. The van der Waals surface area contributed by atoms with Gasteiger partial charge in [0.2, 0.25) is 0 Å². The van der Waals surface area contributed by atoms with E-state index in [1.165, 1.54) is 5.56 Å². The first-order valence-electron chi connectivity index (χ1n) is 11.1. The number of carbonyl (C=O) groups is 1. The Morgan fingerprint density at radius 1 is 1.06 bits per heavy atom. The minimum Gasteiger partial charge on any atom is -0.398 e. The lowest BCUT2D eigenvalue weighted by Gasteiger charge is -2.26. The van der Waals surface area contributed by atoms with E-state index in [-0.39, 0.29) is 12.6 Å². The molecule has 3 aromatic rings. The molecule has 0 aliphatic carbocycles. The van der Waals surface area contributed by atoms with E-state index in [2.05, 4.69) is 24.1 Å². The van der Waals surface area contributed by atoms with Gasteiger partial charge in [-0.05, 0) is 65.8 Å². The predicted octanol–water partition coefficient (Wildman–Crippen LogP) is 7.46. The van der Waals surface area contributed by atoms with Crippen LogP contribution in [0.5, 0.6) is 0 Å². The standard InChI is InChI=1S/C26H30Cl2N4O/c1-5-21-23(28)13-24(29)22(6-2)25(21)31-26(33)32(15-19-10-9-18(27)14-30-19)20-11-7-17(8-12-20)16(3)4/h7-14,16H,5-6,15,29H2,1-4H3,(H,31,33). The number of nitrogens with one attached hydrogen (secondary N) is 1. The Bertz CT molecular complexity index is 1080. The number of hydrogen-bond donors (Lipinski definition) is 2. The van der Waals surface area contributed by atoms with E-state index >= 15 is 0 Å². The van der Waals surface area contributed by atoms with Gasteiger partial charge < -0.3 is 11.1 Å². The molecule has 7 heteroatoms. The second-order valence-corrected chi connectivity index (χ2v) is 9.06. The monoisotopic (exact) mass is 484 g/mol. The molecule has 1 heterocycles. The second-order valence-electron chi connectivity index (χ2n) is 8.22. The van der Waals surface area contributed by atoms with Gasteiger partial charge in [0.1, 0.15) is 0 Å². The fraction of sp³-hybridized carbons (Fsp3) is 0.308. The summed E-state index contributed by atoms with van der Waals surface area (Å²) in [4.78, 5) is 19.7. The molecule has 2 amide bonds. The molecule has 0 spiro atoms. The number of nitrogen functional groups attached to an aromatic ring is 1. The third kappa shape index (κ3) is 5.79. The molecular formula is C26H30Cl2N4O. The summed E-state index contributed by atoms with van der Waals surface area (Å²) in [6.45, 7) is 8.57. The van der Waals surface area contributed by atoms with Gasteiger partial charge >= 0.3 is 6.03 Å². The van der Waals surface area contributed by atoms with Crippen LogP contribution in [0.2, 0.25) is 10.0 Å². The van der Waals surface area contributed by atoms with Gasteiger partial charge in [-0.1, -0.05) is 63.0 Å². The van der Waals surface area contributed by atoms with Crippen LogP contribution in [0.25, 0.3) is 0 Å². The van der Waals surface area contributed by atoms with E-state index < -0.39 is 0 Å². The zero-order chi connectivity index (χ0) is 24.1. The molecule has 0 aliphatic rings. The van der Waals surface area contributed by atoms with Gasteiger partial charge in [-0.15, -0.1) is 0 Å². The van der Waals surface area contributed by atoms with Crippen molar-refractivity contribution >= 4 is 46.3 Å². The number of anilines is 3. The molecular weight excluding hydrogens is 455 g/mol. The SMILES string of the molecule is CCc1c(N)cc(Cl)c(CC)c1NC(=O)N(Cc1ccc(Cl)cn1)c1ccc(C(C)C)cc1. The lowest BCUT2D eigenvalue weighted by Crippen LogP contribution is -2.35. The molecule has 0 unspecified atom stereocenters. The first kappa shape index (κ1) is 24.9. The highest BCUT2D eigenvalue weighted by Gasteiger charge is 2.22. The largest absolute Gasteiger partial charge is 0.398 e. The summed E-state index contributed by atoms with van der Waals surface area (Å²) in [6, 6.07) is 13.1. The van der Waals surface area contributed by atoms with Gasteiger partial charge in [0.25, 0.3) is 0 Å². The lowest BCUT2D eigenvalue weighted by molar-refractivity contribution is 0.256. The van der Waals surface area contributed by atoms with Crippen molar-refractivity contribution in [2.24, 2.45) is 0 Å². The van der Waals surface area contributed by atoms with E-state index in [1.807, 2.05) is 44.2 Å². The molecule has 5 nitrogen and oxygen atoms in total. The summed E-state index contributed by atoms with van der Waals surface area (Å²) in [7, 11) is 0. The number of nitrogens with two attached hydrogens (primary N) is 1. The molecule has 2 aromatic carbocycles. The molecule has 0 radical (unpaired) electrons. The predicted molar refractivity (Wildman–Crippen MR) is 140 cm³/mol. The van der Waals surface area contributed by atoms with Crippen LogP contribution < -0.4 is 16.0 Å². The number of rotatable bonds is 7. The van der Waals surface area contributed by atoms with Crippen LogP contribution in [0.3, 0.4) is 0 Å². The van der Waals surface area contributed by atoms with Gasteiger partial charge in [-0.25, -0.2) is 4.79 Å². The Labute approximate surface area is 205 Å². The topological polar surface area (TPSA) is 71.2 Å². The van der Waals surface area contributed by atoms with Gasteiger partial charge in [0.15, 0.2) is 0 Å². The maximum absolute atomic E-state index is 13.6. The van der Waals surface area contributed by atoms with Crippen LogP contribution in [-0.4, -0.2) is 11.0 Å². The first-order chi connectivity index (χ1) is 15.7. The molecule has 3 rings (SSSR count). The highest BCUT2D eigenvalue weighted by atomic mass is 35.5. The van der Waals surface area contributed by atoms with Crippen molar-refractivity contribution in [2.45, 2.75) is 53.0 Å². The highest BCUT2D eigenvalue weighted by molar-refractivity contribution is 6.32. The fourth-order valence-corrected chi connectivity index (χ4v) is 4.25. The maximum atomic E-state index is 13.6. The zero-order valence-electron chi connectivity index (χ0n) is 19.5. The third-order valence-corrected chi connectivity index (χ3v) is 6.25. The van der Waals surface area contributed by atoms with Crippen LogP contribution >= 0.6 is 23.2 Å². The van der Waals surface area contributed by atoms with E-state index in [1.54, 1.807) is 23.2 Å². The van der Waals surface area contributed by atoms with Gasteiger partial charge in [-0.3, -0.25) is 9.88 Å². The van der Waals surface area contributed by atoms with Crippen molar-refractivity contribution in [3.05, 3.63) is 81.1 Å². The van der Waals surface area contributed by atoms with Crippen LogP contribution in [0.1, 0.15) is 56.0 Å². The molecule has 174 valence electrons. The maximum Gasteiger partial charge on any atom is 0.326 e. The van der Waals surface area contributed by atoms with Crippen LogP contribution in [0, 0.1) is 0 Å². The van der Waals surface area contributed by atoms with E-state index in [9.17, 15) is 4.79 Å². The average Bonchev–Trinajstić information content (AvgIpc) is 2.79. The highest BCUT2D eigenvalue weighted by Crippen LogP contribution is 2.35. The summed E-state index contributed by atoms with van der Waals surface area (Å²) in [5, 5.41) is 4.20. The van der Waals surface area contributed by atoms with Crippen molar-refractivity contribution in [2.75, 3.05) is 16.0 Å². The Morgan fingerprint density at radius 2 is 1.73 bits per heavy atom. The summed E-state index contributed by atoms with van der Waals surface area (Å²) in [5.41, 5.74) is 11.9. The van der Waals surface area contributed by atoms with Crippen molar-refractivity contribution in [3.63, 3.8) is 0 Å². The number of pyridine rings is 1. The molecule has 0 saturated heterocycles. The molecule has 1 aromatic heterocycles. The zero-order valence-corrected chi connectivity index (χ0v) is 21.0. The number of nitrogens with zero attached hydrogens (tertiary/aromatic N) is 2. The molecule has 0 atom stereocenters. The fourth-order valence-electron chi connectivity index (χ4n) is 3.79. The summed E-state index contributed by atoms with van der Waals surface area (Å²) in [5.74, 6) is 0.396. The van der Waals surface area contributed by atoms with Crippen LogP contribution in [0.4, 0.5) is 21.9 Å². The summed E-state index contributed by atoms with van der Waals surface area (Å²) < 4.78 is 0. The summed E-state index contributed by atoms with van der Waals surface area (Å²) >= 11 is 12.5. The summed E-state index contributed by atoms with van der Waals surface area (Å²) in [6.07, 6.45) is 2.92. The Balaban J connectivity index is 2.01. The number of halogens is 2. The number of urea groups is 1. The second kappa shape index (κ2) is 10.9. The minimum absolute atomic E-state index is 0.281.